The van der Waals surface area contributed by atoms with Gasteiger partial charge in [0.05, 0.1) is 4.92 Å². The summed E-state index contributed by atoms with van der Waals surface area (Å²) in [5, 5.41) is 14.4. The van der Waals surface area contributed by atoms with E-state index in [1.165, 1.54) is 13.3 Å². The zero-order chi connectivity index (χ0) is 18.5. The number of Topliss-reactive ketones (excluding diaryl/α,β-unsaturated/α-hetero) is 1. The molecule has 0 saturated carbocycles. The molecule has 0 aliphatic rings. The van der Waals surface area contributed by atoms with E-state index in [4.69, 9.17) is 4.74 Å². The van der Waals surface area contributed by atoms with Gasteiger partial charge in [0.15, 0.2) is 5.78 Å². The van der Waals surface area contributed by atoms with Gasteiger partial charge in [-0.05, 0) is 31.2 Å². The molecular formula is C18H14N4O4. The molecule has 1 aromatic heterocycles. The highest BCUT2D eigenvalue weighted by Crippen LogP contribution is 2.35. The molecule has 0 spiro atoms. The quantitative estimate of drug-likeness (QED) is 0.405. The van der Waals surface area contributed by atoms with Gasteiger partial charge in [0.25, 0.3) is 0 Å². The van der Waals surface area contributed by atoms with Gasteiger partial charge >= 0.3 is 11.6 Å². The zero-order valence-electron chi connectivity index (χ0n) is 13.7. The lowest BCUT2D eigenvalue weighted by Crippen LogP contribution is -2.04. The molecule has 8 nitrogen and oxygen atoms in total. The predicted molar refractivity (Wildman–Crippen MR) is 94.9 cm³/mol. The molecule has 0 amide bonds. The Labute approximate surface area is 148 Å². The van der Waals surface area contributed by atoms with Crippen molar-refractivity contribution in [2.45, 2.75) is 6.92 Å². The molecule has 1 heterocycles. The monoisotopic (exact) mass is 350 g/mol. The second-order valence-electron chi connectivity index (χ2n) is 5.31. The number of carbonyl (C=O) groups excluding carboxylic acids is 1. The summed E-state index contributed by atoms with van der Waals surface area (Å²) in [5.41, 5.74) is 0.571. The third kappa shape index (κ3) is 3.81. The van der Waals surface area contributed by atoms with Gasteiger partial charge in [-0.15, -0.1) is 0 Å². The third-order valence-corrected chi connectivity index (χ3v) is 3.46. The molecule has 2 aromatic carbocycles. The van der Waals surface area contributed by atoms with Crippen molar-refractivity contribution >= 4 is 23.0 Å². The Bertz CT molecular complexity index is 960. The zero-order valence-corrected chi connectivity index (χ0v) is 13.7. The Morgan fingerprint density at radius 2 is 1.88 bits per heavy atom. The Morgan fingerprint density at radius 3 is 2.58 bits per heavy atom. The van der Waals surface area contributed by atoms with E-state index in [9.17, 15) is 14.9 Å². The van der Waals surface area contributed by atoms with Gasteiger partial charge in [-0.25, -0.2) is 4.98 Å². The minimum Gasteiger partial charge on any atom is -0.434 e. The third-order valence-electron chi connectivity index (χ3n) is 3.46. The molecule has 0 bridgehead atoms. The first-order chi connectivity index (χ1) is 12.5. The molecule has 3 aromatic rings. The second-order valence-corrected chi connectivity index (χ2v) is 5.31. The fraction of sp³-hybridized carbons (Fsp3) is 0.0556. The molecule has 0 radical (unpaired) electrons. The number of nitro groups is 1. The van der Waals surface area contributed by atoms with Crippen LogP contribution in [0.4, 0.5) is 17.2 Å². The number of rotatable bonds is 6. The first-order valence-corrected chi connectivity index (χ1v) is 7.65. The predicted octanol–water partition coefficient (Wildman–Crippen LogP) is 4.12. The van der Waals surface area contributed by atoms with Crippen LogP contribution in [0.15, 0.2) is 60.9 Å². The Hall–Kier alpha value is -3.81. The highest BCUT2D eigenvalue weighted by atomic mass is 16.6. The smallest absolute Gasteiger partial charge is 0.373 e. The van der Waals surface area contributed by atoms with E-state index in [2.05, 4.69) is 15.3 Å². The van der Waals surface area contributed by atoms with Gasteiger partial charge in [0.1, 0.15) is 12.1 Å². The summed E-state index contributed by atoms with van der Waals surface area (Å²) in [7, 11) is 0. The second kappa shape index (κ2) is 7.39. The number of ether oxygens (including phenoxy) is 1. The summed E-state index contributed by atoms with van der Waals surface area (Å²) in [4.78, 5) is 30.3. The number of anilines is 2. The molecule has 26 heavy (non-hydrogen) atoms. The summed E-state index contributed by atoms with van der Waals surface area (Å²) in [6, 6.07) is 15.2. The van der Waals surface area contributed by atoms with Crippen LogP contribution in [0.1, 0.15) is 17.3 Å². The molecule has 3 rings (SSSR count). The molecule has 1 N–H and O–H groups in total. The van der Waals surface area contributed by atoms with Crippen molar-refractivity contribution in [2.75, 3.05) is 5.32 Å². The van der Waals surface area contributed by atoms with Crippen LogP contribution in [-0.2, 0) is 0 Å². The Morgan fingerprint density at radius 1 is 1.12 bits per heavy atom. The van der Waals surface area contributed by atoms with E-state index < -0.39 is 10.6 Å². The van der Waals surface area contributed by atoms with Gasteiger partial charge in [-0.1, -0.05) is 30.3 Å². The van der Waals surface area contributed by atoms with Gasteiger partial charge < -0.3 is 10.1 Å². The molecule has 0 saturated heterocycles. The number of benzene rings is 2. The van der Waals surface area contributed by atoms with E-state index in [1.807, 2.05) is 0 Å². The lowest BCUT2D eigenvalue weighted by Gasteiger charge is -2.10. The maximum absolute atomic E-state index is 11.5. The molecule has 0 fully saturated rings. The standard InChI is InChI=1S/C18H14N4O4/c1-12(23)13-6-5-7-14(10-13)21-17-16(22(24)25)18(20-11-19-17)26-15-8-3-2-4-9-15/h2-11H,1H3,(H,19,20,21). The molecule has 0 unspecified atom stereocenters. The van der Waals surface area contributed by atoms with Gasteiger partial charge in [0.2, 0.25) is 5.82 Å². The SMILES string of the molecule is CC(=O)c1cccc(Nc2ncnc(Oc3ccccc3)c2[N+](=O)[O-])c1. The van der Waals surface area contributed by atoms with E-state index in [0.29, 0.717) is 17.0 Å². The van der Waals surface area contributed by atoms with Crippen molar-refractivity contribution in [3.63, 3.8) is 0 Å². The van der Waals surface area contributed by atoms with E-state index in [-0.39, 0.29) is 17.5 Å². The van der Waals surface area contributed by atoms with Gasteiger partial charge in [0, 0.05) is 11.3 Å². The number of hydrogen-bond donors (Lipinski definition) is 1. The van der Waals surface area contributed by atoms with Crippen LogP contribution >= 0.6 is 0 Å². The number of para-hydroxylation sites is 1. The summed E-state index contributed by atoms with van der Waals surface area (Å²) in [6.07, 6.45) is 1.17. The van der Waals surface area contributed by atoms with Crippen molar-refractivity contribution < 1.29 is 14.5 Å². The fourth-order valence-corrected chi connectivity index (χ4v) is 2.25. The van der Waals surface area contributed by atoms with Crippen LogP contribution in [0.3, 0.4) is 0 Å². The number of ketones is 1. The normalized spacial score (nSPS) is 10.2. The Balaban J connectivity index is 1.97. The maximum Gasteiger partial charge on any atom is 0.373 e. The summed E-state index contributed by atoms with van der Waals surface area (Å²) < 4.78 is 5.52. The molecule has 8 heteroatoms. The van der Waals surface area contributed by atoms with Gasteiger partial charge in [-0.2, -0.15) is 4.98 Å². The van der Waals surface area contributed by atoms with Crippen LogP contribution < -0.4 is 10.1 Å². The van der Waals surface area contributed by atoms with E-state index in [1.54, 1.807) is 54.6 Å². The molecule has 0 atom stereocenters. The van der Waals surface area contributed by atoms with Crippen LogP contribution in [0, 0.1) is 10.1 Å². The van der Waals surface area contributed by atoms with Crippen molar-refractivity contribution in [1.29, 1.82) is 0 Å². The molecule has 0 aliphatic heterocycles. The van der Waals surface area contributed by atoms with Crippen molar-refractivity contribution in [3.8, 4) is 11.6 Å². The minimum atomic E-state index is -0.616. The molecule has 0 aliphatic carbocycles. The van der Waals surface area contributed by atoms with Gasteiger partial charge in [-0.3, -0.25) is 14.9 Å². The topological polar surface area (TPSA) is 107 Å². The van der Waals surface area contributed by atoms with Crippen molar-refractivity contribution in [2.24, 2.45) is 0 Å². The van der Waals surface area contributed by atoms with Crippen LogP contribution in [0.2, 0.25) is 0 Å². The molecular weight excluding hydrogens is 336 g/mol. The summed E-state index contributed by atoms with van der Waals surface area (Å²) in [6.45, 7) is 1.44. The number of nitrogens with zero attached hydrogens (tertiary/aromatic N) is 3. The number of aromatic nitrogens is 2. The number of nitrogens with one attached hydrogen (secondary N) is 1. The highest BCUT2D eigenvalue weighted by Gasteiger charge is 2.25. The van der Waals surface area contributed by atoms with Crippen LogP contribution in [0.5, 0.6) is 11.6 Å². The van der Waals surface area contributed by atoms with Crippen LogP contribution in [-0.4, -0.2) is 20.7 Å². The lowest BCUT2D eigenvalue weighted by molar-refractivity contribution is -0.385. The largest absolute Gasteiger partial charge is 0.434 e. The average Bonchev–Trinajstić information content (AvgIpc) is 2.62. The minimum absolute atomic E-state index is 0.0309. The summed E-state index contributed by atoms with van der Waals surface area (Å²) in [5.74, 6) is 0.0934. The van der Waals surface area contributed by atoms with Crippen molar-refractivity contribution in [1.82, 2.24) is 9.97 Å². The maximum atomic E-state index is 11.5. The molecule has 130 valence electrons. The highest BCUT2D eigenvalue weighted by molar-refractivity contribution is 5.95. The fourth-order valence-electron chi connectivity index (χ4n) is 2.25. The average molecular weight is 350 g/mol. The van der Waals surface area contributed by atoms with E-state index in [0.717, 1.165) is 0 Å². The first-order valence-electron chi connectivity index (χ1n) is 7.65. The van der Waals surface area contributed by atoms with Crippen molar-refractivity contribution in [3.05, 3.63) is 76.6 Å². The number of carbonyl (C=O) groups is 1. The first kappa shape index (κ1) is 17.0. The lowest BCUT2D eigenvalue weighted by atomic mass is 10.1. The number of hydrogen-bond acceptors (Lipinski definition) is 7. The Kier molecular flexibility index (Phi) is 4.84. The van der Waals surface area contributed by atoms with E-state index >= 15 is 0 Å². The van der Waals surface area contributed by atoms with Crippen LogP contribution in [0.25, 0.3) is 0 Å². The summed E-state index contributed by atoms with van der Waals surface area (Å²) >= 11 is 0.